The predicted octanol–water partition coefficient (Wildman–Crippen LogP) is 3.29. The van der Waals surface area contributed by atoms with E-state index in [0.717, 1.165) is 25.7 Å². The Kier molecular flexibility index (Phi) is 7.02. The Hall–Kier alpha value is -2.26. The molecule has 1 saturated carbocycles. The van der Waals surface area contributed by atoms with Gasteiger partial charge in [0.1, 0.15) is 0 Å². The van der Waals surface area contributed by atoms with E-state index in [-0.39, 0.29) is 16.8 Å². The number of aryl methyl sites for hydroxylation is 1. The van der Waals surface area contributed by atoms with E-state index in [1.165, 1.54) is 30.0 Å². The van der Waals surface area contributed by atoms with Gasteiger partial charge in [0.15, 0.2) is 0 Å². The number of aromatic nitrogens is 2. The summed E-state index contributed by atoms with van der Waals surface area (Å²) >= 11 is 0. The fraction of sp³-hybridized carbons (Fsp3) is 0.591. The Morgan fingerprint density at radius 3 is 2.39 bits per heavy atom. The molecule has 0 radical (unpaired) electrons. The number of carbonyl (C=O) groups is 1. The number of carbonyl (C=O) groups excluding carboxylic acids is 1. The van der Waals surface area contributed by atoms with Crippen molar-refractivity contribution >= 4 is 15.9 Å². The smallest absolute Gasteiger partial charge is 0.243 e. The lowest BCUT2D eigenvalue weighted by Crippen LogP contribution is -2.34. The quantitative estimate of drug-likeness (QED) is 0.654. The Morgan fingerprint density at radius 2 is 1.71 bits per heavy atom. The Bertz CT molecular complexity index is 973. The third kappa shape index (κ3) is 5.51. The van der Waals surface area contributed by atoms with Crippen LogP contribution in [-0.2, 0) is 21.2 Å². The van der Waals surface area contributed by atoms with Crippen LogP contribution in [0.5, 0.6) is 0 Å². The van der Waals surface area contributed by atoms with Crippen LogP contribution >= 0.6 is 0 Å². The number of hydrogen-bond acceptors (Lipinski definition) is 6. The third-order valence-electron chi connectivity index (χ3n) is 6.07. The summed E-state index contributed by atoms with van der Waals surface area (Å²) < 4.78 is 32.1. The van der Waals surface area contributed by atoms with Crippen LogP contribution < -0.4 is 5.32 Å². The molecular formula is C22H30N4O4S. The van der Waals surface area contributed by atoms with Crippen LogP contribution in [0.25, 0.3) is 11.4 Å². The predicted molar refractivity (Wildman–Crippen MR) is 116 cm³/mol. The first-order valence-corrected chi connectivity index (χ1v) is 12.7. The van der Waals surface area contributed by atoms with Gasteiger partial charge in [-0.1, -0.05) is 30.8 Å². The molecule has 1 aromatic heterocycles. The lowest BCUT2D eigenvalue weighted by molar-refractivity contribution is -0.121. The first kappa shape index (κ1) is 22.0. The summed E-state index contributed by atoms with van der Waals surface area (Å²) in [4.78, 5) is 16.9. The molecule has 2 fully saturated rings. The Balaban J connectivity index is 1.32. The first-order chi connectivity index (χ1) is 15.0. The van der Waals surface area contributed by atoms with E-state index < -0.39 is 10.0 Å². The molecule has 2 aliphatic rings. The second kappa shape index (κ2) is 9.91. The zero-order chi connectivity index (χ0) is 21.7. The van der Waals surface area contributed by atoms with Gasteiger partial charge in [0.2, 0.25) is 27.6 Å². The second-order valence-corrected chi connectivity index (χ2v) is 10.3. The molecule has 1 aromatic carbocycles. The molecule has 0 bridgehead atoms. The Labute approximate surface area is 183 Å². The van der Waals surface area contributed by atoms with Crippen molar-refractivity contribution in [3.8, 4) is 11.4 Å². The molecule has 1 saturated heterocycles. The summed E-state index contributed by atoms with van der Waals surface area (Å²) in [7, 11) is -3.44. The number of hydrogen-bond donors (Lipinski definition) is 1. The minimum absolute atomic E-state index is 0.0168. The highest BCUT2D eigenvalue weighted by Crippen LogP contribution is 2.24. The van der Waals surface area contributed by atoms with Gasteiger partial charge in [-0.15, -0.1) is 0 Å². The fourth-order valence-electron chi connectivity index (χ4n) is 4.27. The highest BCUT2D eigenvalue weighted by molar-refractivity contribution is 7.89. The lowest BCUT2D eigenvalue weighted by Gasteiger charge is -2.15. The zero-order valence-electron chi connectivity index (χ0n) is 17.8. The van der Waals surface area contributed by atoms with Crippen molar-refractivity contribution in [2.24, 2.45) is 0 Å². The van der Waals surface area contributed by atoms with Crippen LogP contribution in [0.2, 0.25) is 0 Å². The third-order valence-corrected chi connectivity index (χ3v) is 7.98. The molecule has 0 unspecified atom stereocenters. The topological polar surface area (TPSA) is 105 Å². The van der Waals surface area contributed by atoms with E-state index in [0.29, 0.717) is 43.2 Å². The van der Waals surface area contributed by atoms with Crippen molar-refractivity contribution in [1.82, 2.24) is 19.8 Å². The molecule has 31 heavy (non-hydrogen) atoms. The first-order valence-electron chi connectivity index (χ1n) is 11.2. The van der Waals surface area contributed by atoms with Crippen LogP contribution in [0.4, 0.5) is 0 Å². The van der Waals surface area contributed by atoms with Crippen molar-refractivity contribution in [3.63, 3.8) is 0 Å². The SMILES string of the molecule is O=C(CCc1nc(-c2ccc(S(=O)(=O)N3CCCC3)cc2)no1)NC1CCCCCC1. The maximum atomic E-state index is 12.6. The van der Waals surface area contributed by atoms with E-state index in [1.807, 2.05) is 0 Å². The molecule has 4 rings (SSSR count). The molecule has 0 atom stereocenters. The summed E-state index contributed by atoms with van der Waals surface area (Å²) in [5.41, 5.74) is 0.679. The van der Waals surface area contributed by atoms with Gasteiger partial charge in [-0.2, -0.15) is 9.29 Å². The average molecular weight is 447 g/mol. The summed E-state index contributed by atoms with van der Waals surface area (Å²) in [6.07, 6.45) is 9.47. The van der Waals surface area contributed by atoms with Crippen LogP contribution in [0.15, 0.2) is 33.7 Å². The van der Waals surface area contributed by atoms with Crippen molar-refractivity contribution in [3.05, 3.63) is 30.2 Å². The fourth-order valence-corrected chi connectivity index (χ4v) is 5.79. The van der Waals surface area contributed by atoms with E-state index in [1.54, 1.807) is 24.3 Å². The monoisotopic (exact) mass is 446 g/mol. The van der Waals surface area contributed by atoms with Crippen molar-refractivity contribution in [1.29, 1.82) is 0 Å². The molecule has 1 aliphatic heterocycles. The number of sulfonamides is 1. The molecular weight excluding hydrogens is 416 g/mol. The highest BCUT2D eigenvalue weighted by Gasteiger charge is 2.27. The number of nitrogens with one attached hydrogen (secondary N) is 1. The normalized spacial score (nSPS) is 18.7. The molecule has 168 valence electrons. The van der Waals surface area contributed by atoms with Gasteiger partial charge in [-0.25, -0.2) is 8.42 Å². The Morgan fingerprint density at radius 1 is 1.03 bits per heavy atom. The standard InChI is InChI=1S/C22H30N4O4S/c27-20(23-18-7-3-1-2-4-8-18)13-14-21-24-22(25-30-21)17-9-11-19(12-10-17)31(28,29)26-15-5-6-16-26/h9-12,18H,1-8,13-16H2,(H,23,27). The summed E-state index contributed by atoms with van der Waals surface area (Å²) in [6, 6.07) is 6.83. The molecule has 1 aliphatic carbocycles. The molecule has 0 spiro atoms. The molecule has 8 nitrogen and oxygen atoms in total. The minimum atomic E-state index is -3.44. The van der Waals surface area contributed by atoms with Crippen LogP contribution in [0, 0.1) is 0 Å². The number of amides is 1. The second-order valence-electron chi connectivity index (χ2n) is 8.40. The van der Waals surface area contributed by atoms with E-state index in [9.17, 15) is 13.2 Å². The average Bonchev–Trinajstić information content (AvgIpc) is 3.42. The number of benzene rings is 1. The number of nitrogens with zero attached hydrogens (tertiary/aromatic N) is 3. The summed E-state index contributed by atoms with van der Waals surface area (Å²) in [6.45, 7) is 1.15. The van der Waals surface area contributed by atoms with Gasteiger partial charge in [-0.05, 0) is 49.9 Å². The van der Waals surface area contributed by atoms with E-state index >= 15 is 0 Å². The van der Waals surface area contributed by atoms with Crippen molar-refractivity contribution in [2.45, 2.75) is 75.1 Å². The van der Waals surface area contributed by atoms with Crippen molar-refractivity contribution in [2.75, 3.05) is 13.1 Å². The van der Waals surface area contributed by atoms with Crippen LogP contribution in [-0.4, -0.2) is 47.9 Å². The van der Waals surface area contributed by atoms with Crippen molar-refractivity contribution < 1.29 is 17.7 Å². The maximum Gasteiger partial charge on any atom is 0.243 e. The van der Waals surface area contributed by atoms with Gasteiger partial charge in [0.05, 0.1) is 4.90 Å². The minimum Gasteiger partial charge on any atom is -0.353 e. The lowest BCUT2D eigenvalue weighted by atomic mass is 10.1. The largest absolute Gasteiger partial charge is 0.353 e. The summed E-state index contributed by atoms with van der Waals surface area (Å²) in [5, 5.41) is 7.11. The van der Waals surface area contributed by atoms with Gasteiger partial charge in [0.25, 0.3) is 0 Å². The van der Waals surface area contributed by atoms with Gasteiger partial charge in [0, 0.05) is 37.5 Å². The maximum absolute atomic E-state index is 12.6. The van der Waals surface area contributed by atoms with Gasteiger partial charge < -0.3 is 9.84 Å². The molecule has 1 N–H and O–H groups in total. The zero-order valence-corrected chi connectivity index (χ0v) is 18.6. The molecule has 9 heteroatoms. The van der Waals surface area contributed by atoms with Crippen LogP contribution in [0.3, 0.4) is 0 Å². The number of rotatable bonds is 7. The van der Waals surface area contributed by atoms with Crippen LogP contribution in [0.1, 0.15) is 63.7 Å². The van der Waals surface area contributed by atoms with Gasteiger partial charge in [-0.3, -0.25) is 4.79 Å². The molecule has 2 aromatic rings. The van der Waals surface area contributed by atoms with E-state index in [2.05, 4.69) is 15.5 Å². The highest BCUT2D eigenvalue weighted by atomic mass is 32.2. The van der Waals surface area contributed by atoms with Gasteiger partial charge >= 0.3 is 0 Å². The summed E-state index contributed by atoms with van der Waals surface area (Å²) in [5.74, 6) is 0.812. The molecule has 1 amide bonds. The molecule has 2 heterocycles. The van der Waals surface area contributed by atoms with E-state index in [4.69, 9.17) is 4.52 Å².